The van der Waals surface area contributed by atoms with Crippen molar-refractivity contribution in [3.8, 4) is 0 Å². The molecule has 1 atom stereocenters. The number of carboxylic acids is 1. The molecule has 8 N–H and O–H groups in total. The first-order valence-corrected chi connectivity index (χ1v) is 6.75. The molecule has 0 spiro atoms. The highest BCUT2D eigenvalue weighted by atomic mass is 16.4. The number of hydrogen-bond acceptors (Lipinski definition) is 4. The molecule has 0 bridgehead atoms. The Labute approximate surface area is 118 Å². The zero-order valence-corrected chi connectivity index (χ0v) is 11.7. The molecule has 0 aliphatic carbocycles. The summed E-state index contributed by atoms with van der Waals surface area (Å²) in [6.45, 7) is 0.947. The van der Waals surface area contributed by atoms with E-state index in [1.807, 2.05) is 0 Å². The normalized spacial score (nSPS) is 11.7. The first-order chi connectivity index (χ1) is 9.47. The smallest absolute Gasteiger partial charge is 0.326 e. The number of nitrogens with zero attached hydrogens (tertiary/aromatic N) is 1. The fourth-order valence-electron chi connectivity index (χ4n) is 1.63. The highest BCUT2D eigenvalue weighted by molar-refractivity contribution is 5.83. The number of aliphatic imine (C=N–C) groups is 1. The van der Waals surface area contributed by atoms with E-state index in [1.165, 1.54) is 0 Å². The minimum Gasteiger partial charge on any atom is -0.480 e. The monoisotopic (exact) mass is 287 g/mol. The standard InChI is InChI=1S/C12H25N5O3/c13-7-3-1-2-6-10(18)17-9(11(19)20)5-4-8-16-12(14)15/h9H,1-8,13H2,(H,17,18)(H,19,20)(H4,14,15,16). The fraction of sp³-hybridized carbons (Fsp3) is 0.750. The highest BCUT2D eigenvalue weighted by Gasteiger charge is 2.18. The second kappa shape index (κ2) is 11.0. The van der Waals surface area contributed by atoms with Gasteiger partial charge in [0.15, 0.2) is 5.96 Å². The number of carboxylic acid groups (broad SMARTS) is 1. The van der Waals surface area contributed by atoms with E-state index in [1.54, 1.807) is 0 Å². The van der Waals surface area contributed by atoms with Gasteiger partial charge in [0.1, 0.15) is 6.04 Å². The Bertz CT molecular complexity index is 329. The lowest BCUT2D eigenvalue weighted by Gasteiger charge is -2.13. The Morgan fingerprint density at radius 1 is 1.15 bits per heavy atom. The van der Waals surface area contributed by atoms with Crippen molar-refractivity contribution >= 4 is 17.8 Å². The van der Waals surface area contributed by atoms with E-state index in [-0.39, 0.29) is 11.9 Å². The molecule has 116 valence electrons. The van der Waals surface area contributed by atoms with Crippen molar-refractivity contribution in [2.75, 3.05) is 13.1 Å². The number of guanidine groups is 1. The van der Waals surface area contributed by atoms with Crippen molar-refractivity contribution in [2.24, 2.45) is 22.2 Å². The molecule has 1 unspecified atom stereocenters. The summed E-state index contributed by atoms with van der Waals surface area (Å²) in [5, 5.41) is 11.5. The van der Waals surface area contributed by atoms with E-state index in [0.29, 0.717) is 38.8 Å². The first-order valence-electron chi connectivity index (χ1n) is 6.75. The second-order valence-corrected chi connectivity index (χ2v) is 4.51. The molecule has 1 amide bonds. The Morgan fingerprint density at radius 3 is 2.40 bits per heavy atom. The lowest BCUT2D eigenvalue weighted by molar-refractivity contribution is -0.142. The van der Waals surface area contributed by atoms with Gasteiger partial charge in [-0.3, -0.25) is 9.79 Å². The first kappa shape index (κ1) is 18.2. The van der Waals surface area contributed by atoms with E-state index in [9.17, 15) is 9.59 Å². The van der Waals surface area contributed by atoms with Gasteiger partial charge in [0, 0.05) is 13.0 Å². The van der Waals surface area contributed by atoms with Crippen LogP contribution in [0.4, 0.5) is 0 Å². The number of carbonyl (C=O) groups is 2. The molecule has 20 heavy (non-hydrogen) atoms. The third-order valence-electron chi connectivity index (χ3n) is 2.69. The minimum atomic E-state index is -1.05. The van der Waals surface area contributed by atoms with E-state index >= 15 is 0 Å². The van der Waals surface area contributed by atoms with Crippen LogP contribution in [0.3, 0.4) is 0 Å². The van der Waals surface area contributed by atoms with Crippen molar-refractivity contribution < 1.29 is 14.7 Å². The molecule has 8 nitrogen and oxygen atoms in total. The van der Waals surface area contributed by atoms with Crippen LogP contribution in [-0.2, 0) is 9.59 Å². The van der Waals surface area contributed by atoms with Gasteiger partial charge in [-0.25, -0.2) is 4.79 Å². The zero-order valence-electron chi connectivity index (χ0n) is 11.7. The largest absolute Gasteiger partial charge is 0.480 e. The number of amides is 1. The fourth-order valence-corrected chi connectivity index (χ4v) is 1.63. The molecule has 0 saturated carbocycles. The van der Waals surface area contributed by atoms with E-state index in [4.69, 9.17) is 22.3 Å². The van der Waals surface area contributed by atoms with Gasteiger partial charge in [-0.15, -0.1) is 0 Å². The lowest BCUT2D eigenvalue weighted by atomic mass is 10.1. The van der Waals surface area contributed by atoms with Gasteiger partial charge in [-0.2, -0.15) is 0 Å². The number of rotatable bonds is 11. The number of nitrogens with two attached hydrogens (primary N) is 3. The van der Waals surface area contributed by atoms with Crippen molar-refractivity contribution in [1.29, 1.82) is 0 Å². The summed E-state index contributed by atoms with van der Waals surface area (Å²) in [6.07, 6.45) is 3.55. The molecular formula is C12H25N5O3. The van der Waals surface area contributed by atoms with Gasteiger partial charge >= 0.3 is 5.97 Å². The molecule has 0 aliphatic rings. The topological polar surface area (TPSA) is 157 Å². The summed E-state index contributed by atoms with van der Waals surface area (Å²) in [5.74, 6) is -1.33. The number of unbranched alkanes of at least 4 members (excludes halogenated alkanes) is 2. The number of aliphatic carboxylic acids is 1. The van der Waals surface area contributed by atoms with Crippen LogP contribution in [-0.4, -0.2) is 42.1 Å². The van der Waals surface area contributed by atoms with E-state index < -0.39 is 12.0 Å². The third-order valence-corrected chi connectivity index (χ3v) is 2.69. The number of nitrogens with one attached hydrogen (secondary N) is 1. The van der Waals surface area contributed by atoms with Gasteiger partial charge in [0.25, 0.3) is 0 Å². The summed E-state index contributed by atoms with van der Waals surface area (Å²) in [6, 6.07) is -0.897. The SMILES string of the molecule is NCCCCCC(=O)NC(CCCN=C(N)N)C(=O)O. The Balaban J connectivity index is 3.97. The van der Waals surface area contributed by atoms with Gasteiger partial charge < -0.3 is 27.6 Å². The maximum Gasteiger partial charge on any atom is 0.326 e. The Morgan fingerprint density at radius 2 is 1.85 bits per heavy atom. The van der Waals surface area contributed by atoms with Crippen LogP contribution in [0.2, 0.25) is 0 Å². The summed E-state index contributed by atoms with van der Waals surface area (Å²) in [4.78, 5) is 26.4. The molecule has 0 aromatic heterocycles. The van der Waals surface area contributed by atoms with Gasteiger partial charge in [0.05, 0.1) is 0 Å². The molecule has 0 rings (SSSR count). The van der Waals surface area contributed by atoms with Gasteiger partial charge in [0.2, 0.25) is 5.91 Å². The highest BCUT2D eigenvalue weighted by Crippen LogP contribution is 2.02. The number of carbonyl (C=O) groups excluding carboxylic acids is 1. The molecule has 0 saturated heterocycles. The van der Waals surface area contributed by atoms with Crippen molar-refractivity contribution in [2.45, 2.75) is 44.6 Å². The molecule has 8 heteroatoms. The van der Waals surface area contributed by atoms with Crippen molar-refractivity contribution in [3.63, 3.8) is 0 Å². The summed E-state index contributed by atoms with van der Waals surface area (Å²) < 4.78 is 0. The zero-order chi connectivity index (χ0) is 15.4. The Hall–Kier alpha value is -1.83. The quantitative estimate of drug-likeness (QED) is 0.189. The van der Waals surface area contributed by atoms with Crippen LogP contribution < -0.4 is 22.5 Å². The summed E-state index contributed by atoms with van der Waals surface area (Å²) >= 11 is 0. The van der Waals surface area contributed by atoms with Crippen LogP contribution in [0.15, 0.2) is 4.99 Å². The second-order valence-electron chi connectivity index (χ2n) is 4.51. The molecule has 0 radical (unpaired) electrons. The van der Waals surface area contributed by atoms with E-state index in [0.717, 1.165) is 12.8 Å². The van der Waals surface area contributed by atoms with Crippen LogP contribution in [0, 0.1) is 0 Å². The van der Waals surface area contributed by atoms with Crippen LogP contribution in [0.5, 0.6) is 0 Å². The third kappa shape index (κ3) is 10.1. The number of hydrogen-bond donors (Lipinski definition) is 5. The molecule has 0 fully saturated rings. The lowest BCUT2D eigenvalue weighted by Crippen LogP contribution is -2.40. The molecule has 0 aliphatic heterocycles. The summed E-state index contributed by atoms with van der Waals surface area (Å²) in [7, 11) is 0. The average Bonchev–Trinajstić information content (AvgIpc) is 2.37. The summed E-state index contributed by atoms with van der Waals surface area (Å²) in [5.41, 5.74) is 15.7. The van der Waals surface area contributed by atoms with Crippen LogP contribution in [0.25, 0.3) is 0 Å². The molecular weight excluding hydrogens is 262 g/mol. The molecule has 0 aromatic rings. The van der Waals surface area contributed by atoms with Gasteiger partial charge in [-0.05, 0) is 32.2 Å². The average molecular weight is 287 g/mol. The maximum atomic E-state index is 11.6. The predicted molar refractivity (Wildman–Crippen MR) is 77.0 cm³/mol. The van der Waals surface area contributed by atoms with Gasteiger partial charge in [-0.1, -0.05) is 6.42 Å². The van der Waals surface area contributed by atoms with E-state index in [2.05, 4.69) is 10.3 Å². The Kier molecular flexibility index (Phi) is 10.0. The molecule has 0 heterocycles. The molecule has 0 aromatic carbocycles. The minimum absolute atomic E-state index is 0.0270. The van der Waals surface area contributed by atoms with Crippen molar-refractivity contribution in [3.05, 3.63) is 0 Å². The predicted octanol–water partition coefficient (Wildman–Crippen LogP) is -0.871. The van der Waals surface area contributed by atoms with Crippen molar-refractivity contribution in [1.82, 2.24) is 5.32 Å². The maximum absolute atomic E-state index is 11.6. The van der Waals surface area contributed by atoms with Crippen LogP contribution >= 0.6 is 0 Å². The van der Waals surface area contributed by atoms with Crippen LogP contribution in [0.1, 0.15) is 38.5 Å².